The van der Waals surface area contributed by atoms with Crippen molar-refractivity contribution in [3.8, 4) is 0 Å². The highest BCUT2D eigenvalue weighted by Gasteiger charge is 2.12. The molecule has 0 aromatic heterocycles. The molecule has 0 aliphatic heterocycles. The molecule has 2 N–H and O–H groups in total. The van der Waals surface area contributed by atoms with Gasteiger partial charge in [-0.1, -0.05) is 26.0 Å². The lowest BCUT2D eigenvalue weighted by Crippen LogP contribution is -2.28. The van der Waals surface area contributed by atoms with Crippen molar-refractivity contribution >= 4 is 11.7 Å². The minimum atomic E-state index is -0.405. The van der Waals surface area contributed by atoms with Crippen LogP contribution in [-0.2, 0) is 4.79 Å². The smallest absolute Gasteiger partial charge is 0.220 e. The SMILES string of the molecule is Cc1ccc(C(=O)CCC(=O)NCCC(O)C(C)C)cc1C. The molecule has 0 saturated heterocycles. The number of hydrogen-bond acceptors (Lipinski definition) is 3. The summed E-state index contributed by atoms with van der Waals surface area (Å²) >= 11 is 0. The standard InChI is InChI=1S/C18H27NO3/c1-12(2)16(20)9-10-19-18(22)8-7-17(21)15-6-5-13(3)14(4)11-15/h5-6,11-12,16,20H,7-10H2,1-4H3,(H,19,22). The zero-order valence-corrected chi connectivity index (χ0v) is 14.0. The molecule has 122 valence electrons. The van der Waals surface area contributed by atoms with Crippen LogP contribution in [-0.4, -0.2) is 29.4 Å². The molecule has 22 heavy (non-hydrogen) atoms. The number of carbonyl (C=O) groups excluding carboxylic acids is 2. The van der Waals surface area contributed by atoms with Crippen molar-refractivity contribution in [1.82, 2.24) is 5.32 Å². The summed E-state index contributed by atoms with van der Waals surface area (Å²) in [5.74, 6) is 0.0249. The van der Waals surface area contributed by atoms with E-state index in [-0.39, 0.29) is 30.4 Å². The minimum Gasteiger partial charge on any atom is -0.393 e. The Hall–Kier alpha value is -1.68. The second kappa shape index (κ2) is 8.69. The van der Waals surface area contributed by atoms with Crippen LogP contribution in [0.5, 0.6) is 0 Å². The number of aliphatic hydroxyl groups excluding tert-OH is 1. The van der Waals surface area contributed by atoms with Crippen LogP contribution in [0.3, 0.4) is 0 Å². The number of benzene rings is 1. The molecule has 0 aliphatic rings. The lowest BCUT2D eigenvalue weighted by molar-refractivity contribution is -0.121. The monoisotopic (exact) mass is 305 g/mol. The van der Waals surface area contributed by atoms with Gasteiger partial charge >= 0.3 is 0 Å². The van der Waals surface area contributed by atoms with Crippen molar-refractivity contribution in [3.63, 3.8) is 0 Å². The van der Waals surface area contributed by atoms with Gasteiger partial charge in [-0.2, -0.15) is 0 Å². The summed E-state index contributed by atoms with van der Waals surface area (Å²) in [6.45, 7) is 8.29. The number of Topliss-reactive ketones (excluding diaryl/α,β-unsaturated/α-hetero) is 1. The van der Waals surface area contributed by atoms with E-state index < -0.39 is 6.10 Å². The van der Waals surface area contributed by atoms with Gasteiger partial charge in [0.05, 0.1) is 6.10 Å². The second-order valence-corrected chi connectivity index (χ2v) is 6.17. The zero-order chi connectivity index (χ0) is 16.7. The van der Waals surface area contributed by atoms with Crippen LogP contribution in [0.15, 0.2) is 18.2 Å². The van der Waals surface area contributed by atoms with Gasteiger partial charge in [0.1, 0.15) is 0 Å². The molecule has 4 heteroatoms. The Balaban J connectivity index is 2.34. The first-order chi connectivity index (χ1) is 10.3. The third kappa shape index (κ3) is 5.98. The van der Waals surface area contributed by atoms with Crippen molar-refractivity contribution in [1.29, 1.82) is 0 Å². The first kappa shape index (κ1) is 18.4. The molecule has 0 saturated carbocycles. The van der Waals surface area contributed by atoms with E-state index in [1.54, 1.807) is 0 Å². The van der Waals surface area contributed by atoms with Crippen LogP contribution >= 0.6 is 0 Å². The molecule has 0 spiro atoms. The summed E-state index contributed by atoms with van der Waals surface area (Å²) in [5.41, 5.74) is 2.89. The topological polar surface area (TPSA) is 66.4 Å². The fourth-order valence-electron chi connectivity index (χ4n) is 2.07. The Morgan fingerprint density at radius 1 is 1.14 bits per heavy atom. The Bertz CT molecular complexity index is 523. The van der Waals surface area contributed by atoms with Gasteiger partial charge in [-0.3, -0.25) is 9.59 Å². The first-order valence-electron chi connectivity index (χ1n) is 7.86. The number of aryl methyl sites for hydroxylation is 2. The van der Waals surface area contributed by atoms with Gasteiger partial charge in [-0.15, -0.1) is 0 Å². The number of rotatable bonds is 8. The average molecular weight is 305 g/mol. The van der Waals surface area contributed by atoms with E-state index in [1.807, 2.05) is 45.9 Å². The summed E-state index contributed by atoms with van der Waals surface area (Å²) in [6, 6.07) is 5.60. The fraction of sp³-hybridized carbons (Fsp3) is 0.556. The summed E-state index contributed by atoms with van der Waals surface area (Å²) in [5, 5.41) is 12.4. The quantitative estimate of drug-likeness (QED) is 0.726. The average Bonchev–Trinajstić information content (AvgIpc) is 2.47. The molecule has 1 unspecified atom stereocenters. The number of amides is 1. The van der Waals surface area contributed by atoms with Gasteiger partial charge in [0.2, 0.25) is 5.91 Å². The molecular weight excluding hydrogens is 278 g/mol. The third-order valence-electron chi connectivity index (χ3n) is 3.94. The largest absolute Gasteiger partial charge is 0.393 e. The van der Waals surface area contributed by atoms with Crippen LogP contribution < -0.4 is 5.32 Å². The molecule has 1 aromatic rings. The van der Waals surface area contributed by atoms with Crippen molar-refractivity contribution in [3.05, 3.63) is 34.9 Å². The molecule has 1 amide bonds. The number of nitrogens with one attached hydrogen (secondary N) is 1. The zero-order valence-electron chi connectivity index (χ0n) is 14.0. The molecule has 0 radical (unpaired) electrons. The first-order valence-corrected chi connectivity index (χ1v) is 7.86. The van der Waals surface area contributed by atoms with Crippen LogP contribution in [0.2, 0.25) is 0 Å². The normalized spacial score (nSPS) is 12.3. The van der Waals surface area contributed by atoms with Gasteiger partial charge in [0, 0.05) is 24.9 Å². The maximum absolute atomic E-state index is 12.1. The van der Waals surface area contributed by atoms with Crippen molar-refractivity contribution in [2.24, 2.45) is 5.92 Å². The van der Waals surface area contributed by atoms with E-state index in [0.29, 0.717) is 18.5 Å². The highest BCUT2D eigenvalue weighted by Crippen LogP contribution is 2.12. The Kier molecular flexibility index (Phi) is 7.25. The number of hydrogen-bond donors (Lipinski definition) is 2. The van der Waals surface area contributed by atoms with Crippen LogP contribution in [0.4, 0.5) is 0 Å². The summed E-state index contributed by atoms with van der Waals surface area (Å²) in [7, 11) is 0. The lowest BCUT2D eigenvalue weighted by atomic mass is 10.0. The van der Waals surface area contributed by atoms with E-state index in [0.717, 1.165) is 11.1 Å². The molecule has 0 fully saturated rings. The van der Waals surface area contributed by atoms with Crippen LogP contribution in [0, 0.1) is 19.8 Å². The second-order valence-electron chi connectivity index (χ2n) is 6.17. The molecule has 0 bridgehead atoms. The maximum Gasteiger partial charge on any atom is 0.220 e. The lowest BCUT2D eigenvalue weighted by Gasteiger charge is -2.14. The van der Waals surface area contributed by atoms with Crippen LogP contribution in [0.25, 0.3) is 0 Å². The van der Waals surface area contributed by atoms with Gasteiger partial charge < -0.3 is 10.4 Å². The van der Waals surface area contributed by atoms with Crippen LogP contribution in [0.1, 0.15) is 54.6 Å². The summed E-state index contributed by atoms with van der Waals surface area (Å²) < 4.78 is 0. The Morgan fingerprint density at radius 3 is 2.41 bits per heavy atom. The van der Waals surface area contributed by atoms with Gasteiger partial charge in [0.15, 0.2) is 5.78 Å². The molecule has 1 aromatic carbocycles. The van der Waals surface area contributed by atoms with E-state index in [2.05, 4.69) is 5.32 Å². The van der Waals surface area contributed by atoms with E-state index in [4.69, 9.17) is 0 Å². The molecular formula is C18H27NO3. The number of carbonyl (C=O) groups is 2. The molecule has 0 heterocycles. The number of ketones is 1. The van der Waals surface area contributed by atoms with Crippen molar-refractivity contribution in [2.45, 2.75) is 53.1 Å². The van der Waals surface area contributed by atoms with E-state index in [1.165, 1.54) is 0 Å². The Labute approximate surface area is 132 Å². The van der Waals surface area contributed by atoms with Gasteiger partial charge in [-0.25, -0.2) is 0 Å². The Morgan fingerprint density at radius 2 is 1.82 bits per heavy atom. The van der Waals surface area contributed by atoms with Crippen molar-refractivity contribution in [2.75, 3.05) is 6.54 Å². The predicted molar refractivity (Wildman–Crippen MR) is 88.0 cm³/mol. The number of aliphatic hydroxyl groups is 1. The predicted octanol–water partition coefficient (Wildman–Crippen LogP) is 2.79. The van der Waals surface area contributed by atoms with Gasteiger partial charge in [-0.05, 0) is 43.4 Å². The van der Waals surface area contributed by atoms with Crippen molar-refractivity contribution < 1.29 is 14.7 Å². The maximum atomic E-state index is 12.1. The molecule has 0 aliphatic carbocycles. The highest BCUT2D eigenvalue weighted by molar-refractivity contribution is 5.98. The summed E-state index contributed by atoms with van der Waals surface area (Å²) in [6.07, 6.45) is 0.525. The minimum absolute atomic E-state index is 0.0135. The molecule has 1 atom stereocenters. The highest BCUT2D eigenvalue weighted by atomic mass is 16.3. The van der Waals surface area contributed by atoms with E-state index in [9.17, 15) is 14.7 Å². The fourth-order valence-corrected chi connectivity index (χ4v) is 2.07. The summed E-state index contributed by atoms with van der Waals surface area (Å²) in [4.78, 5) is 23.8. The molecule has 4 nitrogen and oxygen atoms in total. The van der Waals surface area contributed by atoms with Gasteiger partial charge in [0.25, 0.3) is 0 Å². The molecule has 1 rings (SSSR count). The van der Waals surface area contributed by atoms with E-state index >= 15 is 0 Å². The third-order valence-corrected chi connectivity index (χ3v) is 3.94.